The van der Waals surface area contributed by atoms with Crippen molar-refractivity contribution in [2.45, 2.75) is 58.3 Å². The SMILES string of the molecule is CCNCC1(CN2CCCCC2)CCCCC1. The van der Waals surface area contributed by atoms with Crippen LogP contribution < -0.4 is 5.32 Å². The van der Waals surface area contributed by atoms with Crippen molar-refractivity contribution in [1.82, 2.24) is 10.2 Å². The minimum Gasteiger partial charge on any atom is -0.316 e. The molecule has 1 N–H and O–H groups in total. The summed E-state index contributed by atoms with van der Waals surface area (Å²) in [5.74, 6) is 0. The maximum absolute atomic E-state index is 3.62. The summed E-state index contributed by atoms with van der Waals surface area (Å²) in [5.41, 5.74) is 0.603. The van der Waals surface area contributed by atoms with Gasteiger partial charge < -0.3 is 10.2 Å². The number of hydrogen-bond donors (Lipinski definition) is 1. The van der Waals surface area contributed by atoms with E-state index in [9.17, 15) is 0 Å². The molecule has 0 amide bonds. The fourth-order valence-electron chi connectivity index (χ4n) is 3.67. The van der Waals surface area contributed by atoms with Crippen LogP contribution in [0.5, 0.6) is 0 Å². The van der Waals surface area contributed by atoms with E-state index in [0.717, 1.165) is 6.54 Å². The number of likely N-dealkylation sites (tertiary alicyclic amines) is 1. The van der Waals surface area contributed by atoms with Gasteiger partial charge in [-0.2, -0.15) is 0 Å². The van der Waals surface area contributed by atoms with Gasteiger partial charge in [0, 0.05) is 13.1 Å². The standard InChI is InChI=1S/C15H30N2/c1-2-16-13-15(9-5-3-6-10-15)14-17-11-7-4-8-12-17/h16H,2-14H2,1H3. The Labute approximate surface area is 107 Å². The predicted octanol–water partition coefficient (Wildman–Crippen LogP) is 3.03. The van der Waals surface area contributed by atoms with Gasteiger partial charge in [0.25, 0.3) is 0 Å². The first-order valence-corrected chi connectivity index (χ1v) is 7.78. The van der Waals surface area contributed by atoms with Gasteiger partial charge in [0.2, 0.25) is 0 Å². The molecule has 2 heteroatoms. The second kappa shape index (κ2) is 6.75. The molecule has 2 nitrogen and oxygen atoms in total. The molecule has 0 aromatic carbocycles. The maximum Gasteiger partial charge on any atom is 0.00501 e. The minimum absolute atomic E-state index is 0.603. The Morgan fingerprint density at radius 3 is 2.24 bits per heavy atom. The Morgan fingerprint density at radius 2 is 1.59 bits per heavy atom. The third-order valence-electron chi connectivity index (χ3n) is 4.67. The first-order chi connectivity index (χ1) is 8.35. The second-order valence-electron chi connectivity index (χ2n) is 6.18. The van der Waals surface area contributed by atoms with Gasteiger partial charge in [-0.15, -0.1) is 0 Å². The summed E-state index contributed by atoms with van der Waals surface area (Å²) in [4.78, 5) is 2.74. The van der Waals surface area contributed by atoms with Crippen LogP contribution in [0.1, 0.15) is 58.3 Å². The molecule has 1 aliphatic carbocycles. The summed E-state index contributed by atoms with van der Waals surface area (Å²) >= 11 is 0. The van der Waals surface area contributed by atoms with Gasteiger partial charge in [-0.1, -0.05) is 32.6 Å². The zero-order chi connectivity index (χ0) is 12.0. The molecule has 1 aliphatic heterocycles. The normalized spacial score (nSPS) is 25.9. The highest BCUT2D eigenvalue weighted by Crippen LogP contribution is 2.37. The molecule has 0 unspecified atom stereocenters. The van der Waals surface area contributed by atoms with Crippen molar-refractivity contribution in [2.24, 2.45) is 5.41 Å². The zero-order valence-electron chi connectivity index (χ0n) is 11.6. The fraction of sp³-hybridized carbons (Fsp3) is 1.00. The molecular weight excluding hydrogens is 208 g/mol. The van der Waals surface area contributed by atoms with Crippen LogP contribution >= 0.6 is 0 Å². The summed E-state index contributed by atoms with van der Waals surface area (Å²) in [6.07, 6.45) is 11.6. The molecule has 0 radical (unpaired) electrons. The number of nitrogens with one attached hydrogen (secondary N) is 1. The summed E-state index contributed by atoms with van der Waals surface area (Å²) in [6.45, 7) is 8.68. The van der Waals surface area contributed by atoms with Gasteiger partial charge in [-0.05, 0) is 50.7 Å². The van der Waals surface area contributed by atoms with Crippen LogP contribution in [0.3, 0.4) is 0 Å². The van der Waals surface area contributed by atoms with Crippen molar-refractivity contribution in [3.8, 4) is 0 Å². The summed E-state index contributed by atoms with van der Waals surface area (Å²) in [6, 6.07) is 0. The number of piperidine rings is 1. The second-order valence-corrected chi connectivity index (χ2v) is 6.18. The summed E-state index contributed by atoms with van der Waals surface area (Å²) in [5, 5.41) is 3.62. The van der Waals surface area contributed by atoms with Crippen LogP contribution in [-0.4, -0.2) is 37.6 Å². The molecular formula is C15H30N2. The molecule has 1 saturated heterocycles. The van der Waals surface area contributed by atoms with Crippen LogP contribution in [0.4, 0.5) is 0 Å². The predicted molar refractivity (Wildman–Crippen MR) is 74.4 cm³/mol. The smallest absolute Gasteiger partial charge is 0.00501 e. The van der Waals surface area contributed by atoms with Gasteiger partial charge in [0.15, 0.2) is 0 Å². The molecule has 0 atom stereocenters. The lowest BCUT2D eigenvalue weighted by Crippen LogP contribution is -2.46. The number of rotatable bonds is 5. The van der Waals surface area contributed by atoms with Crippen molar-refractivity contribution in [3.63, 3.8) is 0 Å². The molecule has 17 heavy (non-hydrogen) atoms. The molecule has 2 aliphatic rings. The van der Waals surface area contributed by atoms with Crippen molar-refractivity contribution >= 4 is 0 Å². The quantitative estimate of drug-likeness (QED) is 0.792. The summed E-state index contributed by atoms with van der Waals surface area (Å²) in [7, 11) is 0. The van der Waals surface area contributed by atoms with Gasteiger partial charge in [-0.25, -0.2) is 0 Å². The Bertz CT molecular complexity index is 203. The third-order valence-corrected chi connectivity index (χ3v) is 4.67. The first kappa shape index (κ1) is 13.4. The van der Waals surface area contributed by atoms with E-state index in [2.05, 4.69) is 17.1 Å². The number of nitrogens with zero attached hydrogens (tertiary/aromatic N) is 1. The molecule has 0 spiro atoms. The van der Waals surface area contributed by atoms with Crippen molar-refractivity contribution in [2.75, 3.05) is 32.7 Å². The van der Waals surface area contributed by atoms with Crippen LogP contribution in [0.15, 0.2) is 0 Å². The average Bonchev–Trinajstić information content (AvgIpc) is 2.39. The lowest BCUT2D eigenvalue weighted by Gasteiger charge is -2.42. The topological polar surface area (TPSA) is 15.3 Å². The highest BCUT2D eigenvalue weighted by molar-refractivity contribution is 4.88. The van der Waals surface area contributed by atoms with E-state index >= 15 is 0 Å². The Morgan fingerprint density at radius 1 is 0.941 bits per heavy atom. The van der Waals surface area contributed by atoms with E-state index in [-0.39, 0.29) is 0 Å². The lowest BCUT2D eigenvalue weighted by molar-refractivity contribution is 0.0903. The fourth-order valence-corrected chi connectivity index (χ4v) is 3.67. The van der Waals surface area contributed by atoms with E-state index in [1.54, 1.807) is 0 Å². The Kier molecular flexibility index (Phi) is 5.30. The van der Waals surface area contributed by atoms with Crippen LogP contribution in [0.25, 0.3) is 0 Å². The van der Waals surface area contributed by atoms with Crippen molar-refractivity contribution in [3.05, 3.63) is 0 Å². The van der Waals surface area contributed by atoms with E-state index in [1.807, 2.05) is 0 Å². The van der Waals surface area contributed by atoms with E-state index < -0.39 is 0 Å². The largest absolute Gasteiger partial charge is 0.316 e. The van der Waals surface area contributed by atoms with Crippen molar-refractivity contribution < 1.29 is 0 Å². The average molecular weight is 238 g/mol. The molecule has 1 heterocycles. The van der Waals surface area contributed by atoms with Gasteiger partial charge in [0.05, 0.1) is 0 Å². The van der Waals surface area contributed by atoms with Crippen molar-refractivity contribution in [1.29, 1.82) is 0 Å². The van der Waals surface area contributed by atoms with E-state index in [1.165, 1.54) is 77.5 Å². The van der Waals surface area contributed by atoms with Gasteiger partial charge in [0.1, 0.15) is 0 Å². The van der Waals surface area contributed by atoms with Crippen LogP contribution in [0.2, 0.25) is 0 Å². The highest BCUT2D eigenvalue weighted by atomic mass is 15.1. The zero-order valence-corrected chi connectivity index (χ0v) is 11.6. The molecule has 0 aromatic rings. The van der Waals surface area contributed by atoms with Crippen LogP contribution in [-0.2, 0) is 0 Å². The third kappa shape index (κ3) is 3.96. The van der Waals surface area contributed by atoms with Crippen LogP contribution in [0, 0.1) is 5.41 Å². The molecule has 0 aromatic heterocycles. The maximum atomic E-state index is 3.62. The monoisotopic (exact) mass is 238 g/mol. The Hall–Kier alpha value is -0.0800. The molecule has 1 saturated carbocycles. The summed E-state index contributed by atoms with van der Waals surface area (Å²) < 4.78 is 0. The molecule has 100 valence electrons. The van der Waals surface area contributed by atoms with Gasteiger partial charge in [-0.3, -0.25) is 0 Å². The van der Waals surface area contributed by atoms with E-state index in [4.69, 9.17) is 0 Å². The molecule has 0 bridgehead atoms. The minimum atomic E-state index is 0.603. The molecule has 2 rings (SSSR count). The lowest BCUT2D eigenvalue weighted by atomic mass is 9.73. The van der Waals surface area contributed by atoms with Gasteiger partial charge >= 0.3 is 0 Å². The first-order valence-electron chi connectivity index (χ1n) is 7.78. The van der Waals surface area contributed by atoms with E-state index in [0.29, 0.717) is 5.41 Å². The highest BCUT2D eigenvalue weighted by Gasteiger charge is 2.33. The molecule has 2 fully saturated rings. The Balaban J connectivity index is 1.88. The number of hydrogen-bond acceptors (Lipinski definition) is 2.